The second-order valence-corrected chi connectivity index (χ2v) is 0.990. The van der Waals surface area contributed by atoms with Crippen molar-refractivity contribution in [1.82, 2.24) is 0 Å². The van der Waals surface area contributed by atoms with E-state index in [4.69, 9.17) is 4.79 Å². The number of hydrogen-bond donors (Lipinski definition) is 0. The van der Waals surface area contributed by atoms with Crippen LogP contribution in [0.3, 0.4) is 0 Å². The molecule has 0 aliphatic carbocycles. The monoisotopic (exact) mass is 148 g/mol. The van der Waals surface area contributed by atoms with Gasteiger partial charge in [-0.25, -0.2) is 8.78 Å². The van der Waals surface area contributed by atoms with Gasteiger partial charge in [-0.3, -0.25) is 0 Å². The molecule has 0 fully saturated rings. The number of halogens is 2. The molecule has 0 heterocycles. The summed E-state index contributed by atoms with van der Waals surface area (Å²) >= 11 is 0. The SMILES string of the molecule is CC(F)(F)[C-]=O.[Mn]. The zero-order chi connectivity index (χ0) is 5.21. The average Bonchev–Trinajstić information content (AvgIpc) is 1.35. The van der Waals surface area contributed by atoms with E-state index in [0.29, 0.717) is 13.2 Å². The van der Waals surface area contributed by atoms with Gasteiger partial charge in [-0.2, -0.15) is 6.29 Å². The summed E-state index contributed by atoms with van der Waals surface area (Å²) in [7, 11) is 0. The molecule has 0 saturated carbocycles. The van der Waals surface area contributed by atoms with Crippen molar-refractivity contribution >= 4 is 6.29 Å². The van der Waals surface area contributed by atoms with Crippen LogP contribution >= 0.6 is 0 Å². The molecule has 43 valence electrons. The van der Waals surface area contributed by atoms with Gasteiger partial charge in [0.25, 0.3) is 0 Å². The molecular weight excluding hydrogens is 145 g/mol. The van der Waals surface area contributed by atoms with Crippen LogP contribution in [-0.4, -0.2) is 12.2 Å². The van der Waals surface area contributed by atoms with Gasteiger partial charge >= 0.3 is 0 Å². The number of rotatable bonds is 1. The van der Waals surface area contributed by atoms with E-state index in [9.17, 15) is 8.78 Å². The molecule has 0 aromatic carbocycles. The summed E-state index contributed by atoms with van der Waals surface area (Å²) in [6.07, 6.45) is 0.521. The van der Waals surface area contributed by atoms with Crippen LogP contribution in [0.5, 0.6) is 0 Å². The second kappa shape index (κ2) is 3.10. The fourth-order valence-corrected chi connectivity index (χ4v) is 0. The van der Waals surface area contributed by atoms with Gasteiger partial charge in [-0.1, -0.05) is 0 Å². The minimum absolute atomic E-state index is 0. The summed E-state index contributed by atoms with van der Waals surface area (Å²) in [5.74, 6) is -3.26. The van der Waals surface area contributed by atoms with Crippen LogP contribution in [-0.2, 0) is 21.9 Å². The van der Waals surface area contributed by atoms with Crippen molar-refractivity contribution < 1.29 is 30.6 Å². The van der Waals surface area contributed by atoms with Crippen molar-refractivity contribution in [2.75, 3.05) is 0 Å². The van der Waals surface area contributed by atoms with Gasteiger partial charge in [0.05, 0.1) is 0 Å². The summed E-state index contributed by atoms with van der Waals surface area (Å²) in [6.45, 7) is 0.486. The Hall–Kier alpha value is 0.0495. The summed E-state index contributed by atoms with van der Waals surface area (Å²) in [4.78, 5) is 8.95. The van der Waals surface area contributed by atoms with E-state index in [1.165, 1.54) is 0 Å². The predicted molar refractivity (Wildman–Crippen MR) is 16.3 cm³/mol. The Kier molecular flexibility index (Phi) is 4.49. The van der Waals surface area contributed by atoms with Crippen LogP contribution in [0.2, 0.25) is 0 Å². The van der Waals surface area contributed by atoms with E-state index in [1.807, 2.05) is 0 Å². The molecule has 1 nitrogen and oxygen atoms in total. The molecule has 0 unspecified atom stereocenters. The molecule has 0 rings (SSSR count). The van der Waals surface area contributed by atoms with Crippen LogP contribution in [0.4, 0.5) is 8.78 Å². The summed E-state index contributed by atoms with van der Waals surface area (Å²) in [6, 6.07) is 0. The van der Waals surface area contributed by atoms with Crippen LogP contribution in [0.25, 0.3) is 0 Å². The second-order valence-electron chi connectivity index (χ2n) is 0.990. The zero-order valence-corrected chi connectivity index (χ0v) is 4.72. The third kappa shape index (κ3) is 10.7. The van der Waals surface area contributed by atoms with Crippen molar-refractivity contribution in [1.29, 1.82) is 0 Å². The molecule has 0 amide bonds. The Morgan fingerprint density at radius 1 is 1.57 bits per heavy atom. The molecule has 0 bridgehead atoms. The van der Waals surface area contributed by atoms with Crippen LogP contribution in [0.1, 0.15) is 6.92 Å². The van der Waals surface area contributed by atoms with Gasteiger partial charge in [0.1, 0.15) is 0 Å². The average molecular weight is 148 g/mol. The Labute approximate surface area is 50.6 Å². The topological polar surface area (TPSA) is 17.1 Å². The molecule has 1 radical (unpaired) electrons. The minimum Gasteiger partial charge on any atom is -0.536 e. The van der Waals surface area contributed by atoms with Gasteiger partial charge in [0, 0.05) is 17.1 Å². The first-order valence-electron chi connectivity index (χ1n) is 1.33. The predicted octanol–water partition coefficient (Wildman–Crippen LogP) is 0.749. The molecule has 0 aromatic rings. The first-order chi connectivity index (χ1) is 2.56. The van der Waals surface area contributed by atoms with E-state index < -0.39 is 5.92 Å². The molecule has 0 atom stereocenters. The summed E-state index contributed by atoms with van der Waals surface area (Å²) < 4.78 is 22.1. The van der Waals surface area contributed by atoms with E-state index >= 15 is 0 Å². The van der Waals surface area contributed by atoms with Gasteiger partial charge in [0.15, 0.2) is 5.92 Å². The van der Waals surface area contributed by atoms with Crippen LogP contribution in [0.15, 0.2) is 0 Å². The Balaban J connectivity index is 0. The smallest absolute Gasteiger partial charge is 0.157 e. The quantitative estimate of drug-likeness (QED) is 0.396. The van der Waals surface area contributed by atoms with E-state index in [2.05, 4.69) is 0 Å². The third-order valence-corrected chi connectivity index (χ3v) is 0.179. The van der Waals surface area contributed by atoms with Crippen molar-refractivity contribution in [2.45, 2.75) is 12.8 Å². The molecule has 0 spiro atoms. The molecular formula is C3H3F2MnO-. The molecule has 7 heavy (non-hydrogen) atoms. The maximum atomic E-state index is 11.0. The zero-order valence-electron chi connectivity index (χ0n) is 3.54. The Morgan fingerprint density at radius 3 is 1.71 bits per heavy atom. The van der Waals surface area contributed by atoms with Gasteiger partial charge in [-0.05, 0) is 6.92 Å². The fourth-order valence-electron chi connectivity index (χ4n) is 0. The summed E-state index contributed by atoms with van der Waals surface area (Å²) in [5, 5.41) is 0. The molecule has 0 saturated heterocycles. The summed E-state index contributed by atoms with van der Waals surface area (Å²) in [5.41, 5.74) is 0. The first-order valence-corrected chi connectivity index (χ1v) is 1.33. The fraction of sp³-hybridized carbons (Fsp3) is 0.667. The van der Waals surface area contributed by atoms with E-state index in [-0.39, 0.29) is 17.1 Å². The van der Waals surface area contributed by atoms with Crippen molar-refractivity contribution in [3.05, 3.63) is 0 Å². The normalized spacial score (nSPS) is 9.57. The van der Waals surface area contributed by atoms with Crippen molar-refractivity contribution in [3.8, 4) is 0 Å². The standard InChI is InChI=1S/C3H3F2O.Mn/c1-3(4,5)2-6;/h1H3;/q-1;. The molecule has 0 N–H and O–H groups in total. The van der Waals surface area contributed by atoms with E-state index in [0.717, 1.165) is 0 Å². The maximum absolute atomic E-state index is 11.0. The van der Waals surface area contributed by atoms with Crippen LogP contribution in [0, 0.1) is 0 Å². The molecule has 0 aliphatic heterocycles. The maximum Gasteiger partial charge on any atom is 0.157 e. The Morgan fingerprint density at radius 2 is 1.71 bits per heavy atom. The number of alkyl halides is 2. The van der Waals surface area contributed by atoms with Gasteiger partial charge < -0.3 is 4.79 Å². The molecule has 0 aliphatic rings. The largest absolute Gasteiger partial charge is 0.536 e. The molecule has 0 aromatic heterocycles. The van der Waals surface area contributed by atoms with Crippen molar-refractivity contribution in [2.24, 2.45) is 0 Å². The first kappa shape index (κ1) is 10.1. The Bertz CT molecular complexity index is 58.4. The van der Waals surface area contributed by atoms with Gasteiger partial charge in [-0.15, -0.1) is 0 Å². The van der Waals surface area contributed by atoms with Gasteiger partial charge in [0.2, 0.25) is 0 Å². The number of hydrogen-bond acceptors (Lipinski definition) is 1. The molecule has 4 heteroatoms. The number of carbonyl (C=O) groups excluding carboxylic acids is 1. The minimum atomic E-state index is -3.26. The van der Waals surface area contributed by atoms with E-state index in [1.54, 1.807) is 0 Å². The van der Waals surface area contributed by atoms with Crippen molar-refractivity contribution in [3.63, 3.8) is 0 Å². The van der Waals surface area contributed by atoms with Crippen LogP contribution < -0.4 is 0 Å². The third-order valence-electron chi connectivity index (χ3n) is 0.179.